The Bertz CT molecular complexity index is 881. The molecule has 0 aromatic heterocycles. The highest BCUT2D eigenvalue weighted by atomic mass is 35.5. The van der Waals surface area contributed by atoms with Crippen LogP contribution in [-0.4, -0.2) is 30.2 Å². The van der Waals surface area contributed by atoms with Gasteiger partial charge in [0.05, 0.1) is 7.11 Å². The molecule has 4 rings (SSSR count). The van der Waals surface area contributed by atoms with Crippen LogP contribution in [0.3, 0.4) is 0 Å². The smallest absolute Gasteiger partial charge is 0.264 e. The first-order valence-electron chi connectivity index (χ1n) is 9.02. The lowest BCUT2D eigenvalue weighted by Crippen LogP contribution is -2.53. The monoisotopic (exact) mass is 383 g/mol. The average Bonchev–Trinajstić information content (AvgIpc) is 3.00. The Kier molecular flexibility index (Phi) is 4.81. The molecule has 2 aliphatic rings. The number of carbonyl (C=O) groups is 1. The summed E-state index contributed by atoms with van der Waals surface area (Å²) in [5, 5.41) is 5.99. The molecular formula is C21H22ClN3O2. The number of carbonyl (C=O) groups excluding carboxylic acids is 1. The Morgan fingerprint density at radius 1 is 1.15 bits per heavy atom. The summed E-state index contributed by atoms with van der Waals surface area (Å²) < 4.78 is 5.22. The van der Waals surface area contributed by atoms with Crippen molar-refractivity contribution in [2.24, 2.45) is 5.92 Å². The summed E-state index contributed by atoms with van der Waals surface area (Å²) >= 11 is 6.36. The van der Waals surface area contributed by atoms with Crippen molar-refractivity contribution in [3.05, 3.63) is 70.8 Å². The standard InChI is InChI=1S/C21H22ClN3O2/c1-13-17(11-15-5-3-4-6-18(15)22)21-23-19(12-20(26)25(21)24-13)14-7-9-16(27-2)10-8-14/h3-10,12-13,17,21,23-24H,11H2,1-2H3. The fraction of sp³-hybridized carbons (Fsp3) is 0.286. The van der Waals surface area contributed by atoms with Gasteiger partial charge in [0.25, 0.3) is 5.91 Å². The number of nitrogens with one attached hydrogen (secondary N) is 2. The summed E-state index contributed by atoms with van der Waals surface area (Å²) in [6.07, 6.45) is 2.28. The maximum atomic E-state index is 12.7. The molecule has 0 spiro atoms. The molecule has 3 unspecified atom stereocenters. The molecule has 2 heterocycles. The van der Waals surface area contributed by atoms with Crippen LogP contribution in [-0.2, 0) is 11.2 Å². The third-order valence-corrected chi connectivity index (χ3v) is 5.66. The first-order valence-corrected chi connectivity index (χ1v) is 9.40. The normalized spacial score (nSPS) is 24.3. The number of methoxy groups -OCH3 is 1. The number of hydrogen-bond donors (Lipinski definition) is 2. The molecule has 2 aliphatic heterocycles. The van der Waals surface area contributed by atoms with Gasteiger partial charge in [-0.2, -0.15) is 0 Å². The van der Waals surface area contributed by atoms with E-state index in [1.165, 1.54) is 0 Å². The molecule has 1 fully saturated rings. The van der Waals surface area contributed by atoms with E-state index >= 15 is 0 Å². The maximum Gasteiger partial charge on any atom is 0.264 e. The largest absolute Gasteiger partial charge is 0.497 e. The average molecular weight is 384 g/mol. The molecule has 0 saturated carbocycles. The first-order chi connectivity index (χ1) is 13.1. The van der Waals surface area contributed by atoms with E-state index in [0.29, 0.717) is 0 Å². The van der Waals surface area contributed by atoms with Crippen molar-refractivity contribution in [1.29, 1.82) is 0 Å². The topological polar surface area (TPSA) is 53.6 Å². The summed E-state index contributed by atoms with van der Waals surface area (Å²) in [4.78, 5) is 12.7. The third-order valence-electron chi connectivity index (χ3n) is 5.29. The molecule has 2 N–H and O–H groups in total. The van der Waals surface area contributed by atoms with Crippen LogP contribution in [0.15, 0.2) is 54.6 Å². The number of amides is 1. The van der Waals surface area contributed by atoms with E-state index in [4.69, 9.17) is 16.3 Å². The highest BCUT2D eigenvalue weighted by molar-refractivity contribution is 6.31. The van der Waals surface area contributed by atoms with E-state index in [-0.39, 0.29) is 24.0 Å². The molecule has 140 valence electrons. The molecule has 3 atom stereocenters. The van der Waals surface area contributed by atoms with Gasteiger partial charge in [-0.25, -0.2) is 5.43 Å². The van der Waals surface area contributed by atoms with Crippen molar-refractivity contribution in [2.75, 3.05) is 7.11 Å². The van der Waals surface area contributed by atoms with Crippen molar-refractivity contribution in [3.63, 3.8) is 0 Å². The quantitative estimate of drug-likeness (QED) is 0.851. The molecule has 0 aliphatic carbocycles. The minimum Gasteiger partial charge on any atom is -0.497 e. The number of ether oxygens (including phenoxy) is 1. The zero-order valence-corrected chi connectivity index (χ0v) is 16.0. The van der Waals surface area contributed by atoms with Gasteiger partial charge in [-0.3, -0.25) is 9.80 Å². The second-order valence-electron chi connectivity index (χ2n) is 6.96. The highest BCUT2D eigenvalue weighted by Crippen LogP contribution is 2.31. The predicted molar refractivity (Wildman–Crippen MR) is 106 cm³/mol. The van der Waals surface area contributed by atoms with Crippen LogP contribution in [0, 0.1) is 5.92 Å². The SMILES string of the molecule is COc1ccc(C2=CC(=O)N3NC(C)C(Cc4ccccc4Cl)C3N2)cc1. The number of halogens is 1. The molecule has 0 bridgehead atoms. The Morgan fingerprint density at radius 2 is 1.89 bits per heavy atom. The van der Waals surface area contributed by atoms with Crippen LogP contribution < -0.4 is 15.5 Å². The van der Waals surface area contributed by atoms with E-state index in [1.54, 1.807) is 18.2 Å². The van der Waals surface area contributed by atoms with Crippen LogP contribution in [0.5, 0.6) is 5.75 Å². The molecule has 27 heavy (non-hydrogen) atoms. The second-order valence-corrected chi connectivity index (χ2v) is 7.37. The molecular weight excluding hydrogens is 362 g/mol. The molecule has 6 heteroatoms. The van der Waals surface area contributed by atoms with Gasteiger partial charge in [0.1, 0.15) is 11.9 Å². The number of fused-ring (bicyclic) bond motifs is 1. The lowest BCUT2D eigenvalue weighted by molar-refractivity contribution is -0.131. The predicted octanol–water partition coefficient (Wildman–Crippen LogP) is 3.21. The van der Waals surface area contributed by atoms with Crippen LogP contribution in [0.2, 0.25) is 5.02 Å². The van der Waals surface area contributed by atoms with Gasteiger partial charge in [0, 0.05) is 28.8 Å². The van der Waals surface area contributed by atoms with Crippen LogP contribution >= 0.6 is 11.6 Å². The van der Waals surface area contributed by atoms with Crippen LogP contribution in [0.1, 0.15) is 18.1 Å². The van der Waals surface area contributed by atoms with E-state index in [0.717, 1.165) is 34.0 Å². The minimum atomic E-state index is -0.133. The number of rotatable bonds is 4. The van der Waals surface area contributed by atoms with E-state index < -0.39 is 0 Å². The van der Waals surface area contributed by atoms with Gasteiger partial charge >= 0.3 is 0 Å². The van der Waals surface area contributed by atoms with Crippen molar-refractivity contribution in [3.8, 4) is 5.75 Å². The molecule has 5 nitrogen and oxygen atoms in total. The van der Waals surface area contributed by atoms with Gasteiger partial charge in [0.15, 0.2) is 0 Å². The Labute approximate surface area is 163 Å². The van der Waals surface area contributed by atoms with Crippen molar-refractivity contribution < 1.29 is 9.53 Å². The molecule has 1 amide bonds. The van der Waals surface area contributed by atoms with E-state index in [2.05, 4.69) is 17.7 Å². The van der Waals surface area contributed by atoms with Crippen LogP contribution in [0.4, 0.5) is 0 Å². The summed E-state index contributed by atoms with van der Waals surface area (Å²) in [5.74, 6) is 0.935. The second kappa shape index (κ2) is 7.25. The molecule has 2 aromatic rings. The number of benzene rings is 2. The summed E-state index contributed by atoms with van der Waals surface area (Å²) in [6.45, 7) is 2.10. The lowest BCUT2D eigenvalue weighted by Gasteiger charge is -2.33. The number of hydrazine groups is 1. The highest BCUT2D eigenvalue weighted by Gasteiger charge is 2.44. The number of nitrogens with zero attached hydrogens (tertiary/aromatic N) is 1. The Balaban J connectivity index is 1.60. The molecule has 0 radical (unpaired) electrons. The Morgan fingerprint density at radius 3 is 2.59 bits per heavy atom. The summed E-state index contributed by atoms with van der Waals surface area (Å²) in [5.41, 5.74) is 6.17. The fourth-order valence-electron chi connectivity index (χ4n) is 3.77. The van der Waals surface area contributed by atoms with E-state index in [1.807, 2.05) is 48.5 Å². The van der Waals surface area contributed by atoms with Gasteiger partial charge in [0.2, 0.25) is 0 Å². The van der Waals surface area contributed by atoms with Gasteiger partial charge in [-0.15, -0.1) is 0 Å². The molecule has 2 aromatic carbocycles. The Hall–Kier alpha value is -2.50. The van der Waals surface area contributed by atoms with E-state index in [9.17, 15) is 4.79 Å². The summed E-state index contributed by atoms with van der Waals surface area (Å²) in [6, 6.07) is 15.7. The van der Waals surface area contributed by atoms with Crippen molar-refractivity contribution in [1.82, 2.24) is 15.8 Å². The number of hydrogen-bond acceptors (Lipinski definition) is 4. The summed E-state index contributed by atoms with van der Waals surface area (Å²) in [7, 11) is 1.64. The zero-order chi connectivity index (χ0) is 19.0. The third kappa shape index (κ3) is 3.40. The lowest BCUT2D eigenvalue weighted by atomic mass is 9.91. The fourth-order valence-corrected chi connectivity index (χ4v) is 3.98. The van der Waals surface area contributed by atoms with Crippen LogP contribution in [0.25, 0.3) is 5.70 Å². The van der Waals surface area contributed by atoms with Crippen molar-refractivity contribution >= 4 is 23.2 Å². The van der Waals surface area contributed by atoms with Gasteiger partial charge in [-0.05, 0) is 54.8 Å². The molecule has 1 saturated heterocycles. The maximum absolute atomic E-state index is 12.7. The van der Waals surface area contributed by atoms with Crippen molar-refractivity contribution in [2.45, 2.75) is 25.6 Å². The minimum absolute atomic E-state index is 0.0434. The zero-order valence-electron chi connectivity index (χ0n) is 15.3. The van der Waals surface area contributed by atoms with Gasteiger partial charge in [-0.1, -0.05) is 29.8 Å². The van der Waals surface area contributed by atoms with Gasteiger partial charge < -0.3 is 10.1 Å². The first kappa shape index (κ1) is 17.9.